The van der Waals surface area contributed by atoms with Crippen molar-refractivity contribution < 1.29 is 43.1 Å². The quantitative estimate of drug-likeness (QED) is 0.265. The minimum absolute atomic E-state index is 0.0299. The Morgan fingerprint density at radius 2 is 1.51 bits per heavy atom. The molecule has 204 valence electrons. The van der Waals surface area contributed by atoms with Crippen LogP contribution in [0, 0.1) is 6.92 Å². The fraction of sp³-hybridized carbons (Fsp3) is 0.267. The van der Waals surface area contributed by atoms with Crippen molar-refractivity contribution in [1.29, 1.82) is 0 Å². The fourth-order valence-electron chi connectivity index (χ4n) is 4.48. The Balaban J connectivity index is 1.91. The van der Waals surface area contributed by atoms with E-state index in [2.05, 4.69) is 0 Å². The average molecular weight is 535 g/mol. The van der Waals surface area contributed by atoms with Gasteiger partial charge in [0.2, 0.25) is 12.5 Å². The summed E-state index contributed by atoms with van der Waals surface area (Å²) in [4.78, 5) is 26.8. The van der Waals surface area contributed by atoms with Gasteiger partial charge in [-0.1, -0.05) is 6.07 Å². The number of carbonyl (C=O) groups is 2. The Morgan fingerprint density at radius 3 is 2.10 bits per heavy atom. The Hall–Kier alpha value is -4.66. The highest BCUT2D eigenvalue weighted by molar-refractivity contribution is 6.26. The molecule has 0 amide bonds. The van der Waals surface area contributed by atoms with Gasteiger partial charge in [0, 0.05) is 17.6 Å². The van der Waals surface area contributed by atoms with Crippen molar-refractivity contribution in [2.24, 2.45) is 0 Å². The lowest BCUT2D eigenvalue weighted by atomic mass is 9.88. The third-order valence-corrected chi connectivity index (χ3v) is 6.29. The van der Waals surface area contributed by atoms with E-state index in [9.17, 15) is 14.7 Å². The number of ketones is 1. The summed E-state index contributed by atoms with van der Waals surface area (Å²) in [5.74, 6) is 1.02. The van der Waals surface area contributed by atoms with Gasteiger partial charge in [-0.15, -0.1) is 0 Å². The summed E-state index contributed by atoms with van der Waals surface area (Å²) in [7, 11) is 4.47. The van der Waals surface area contributed by atoms with Gasteiger partial charge in [0.1, 0.15) is 5.75 Å². The van der Waals surface area contributed by atoms with Crippen LogP contribution in [0.25, 0.3) is 5.57 Å². The van der Waals surface area contributed by atoms with Crippen LogP contribution in [0.4, 0.5) is 0 Å². The van der Waals surface area contributed by atoms with Gasteiger partial charge < -0.3 is 33.5 Å². The number of carboxylic acids is 1. The molecule has 3 aromatic carbocycles. The monoisotopic (exact) mass is 534 g/mol. The Morgan fingerprint density at radius 1 is 0.846 bits per heavy atom. The summed E-state index contributed by atoms with van der Waals surface area (Å²) in [5.41, 5.74) is 1.91. The molecule has 1 heterocycles. The zero-order valence-electron chi connectivity index (χ0n) is 22.5. The van der Waals surface area contributed by atoms with E-state index >= 15 is 0 Å². The van der Waals surface area contributed by atoms with Crippen LogP contribution < -0.4 is 28.4 Å². The number of benzene rings is 3. The molecule has 0 saturated heterocycles. The molecule has 9 nitrogen and oxygen atoms in total. The van der Waals surface area contributed by atoms with E-state index in [0.29, 0.717) is 57.8 Å². The molecule has 0 atom stereocenters. The Labute approximate surface area is 226 Å². The minimum Gasteiger partial charge on any atom is -0.494 e. The predicted octanol–water partition coefficient (Wildman–Crippen LogP) is 5.11. The van der Waals surface area contributed by atoms with Crippen LogP contribution in [0.1, 0.15) is 34.0 Å². The van der Waals surface area contributed by atoms with Crippen LogP contribution in [0.15, 0.2) is 54.1 Å². The number of Topliss-reactive ketones (excluding diaryl/α,β-unsaturated/α-hetero) is 1. The van der Waals surface area contributed by atoms with Crippen molar-refractivity contribution in [3.8, 4) is 34.5 Å². The maximum atomic E-state index is 14.1. The van der Waals surface area contributed by atoms with Crippen molar-refractivity contribution >= 4 is 17.3 Å². The first-order valence-electron chi connectivity index (χ1n) is 12.2. The molecule has 9 heteroatoms. The van der Waals surface area contributed by atoms with Gasteiger partial charge in [-0.05, 0) is 73.0 Å². The van der Waals surface area contributed by atoms with Crippen LogP contribution in [0.3, 0.4) is 0 Å². The first kappa shape index (κ1) is 27.4. The molecule has 0 spiro atoms. The second kappa shape index (κ2) is 11.8. The van der Waals surface area contributed by atoms with Gasteiger partial charge in [0.15, 0.2) is 28.8 Å². The molecule has 0 aliphatic carbocycles. The fourth-order valence-corrected chi connectivity index (χ4v) is 4.48. The number of allylic oxidation sites excluding steroid dienone is 1. The Bertz CT molecular complexity index is 1410. The largest absolute Gasteiger partial charge is 0.494 e. The van der Waals surface area contributed by atoms with E-state index in [1.54, 1.807) is 48.5 Å². The first-order valence-corrected chi connectivity index (χ1v) is 12.2. The predicted molar refractivity (Wildman–Crippen MR) is 144 cm³/mol. The smallest absolute Gasteiger partial charge is 0.336 e. The number of fused-ring (bicyclic) bond motifs is 1. The number of aryl methyl sites for hydroxylation is 1. The molecular weight excluding hydrogens is 504 g/mol. The lowest BCUT2D eigenvalue weighted by Crippen LogP contribution is -2.14. The summed E-state index contributed by atoms with van der Waals surface area (Å²) in [5, 5.41) is 10.4. The van der Waals surface area contributed by atoms with E-state index < -0.39 is 11.8 Å². The molecule has 1 aliphatic heterocycles. The maximum absolute atomic E-state index is 14.1. The molecule has 39 heavy (non-hydrogen) atoms. The third-order valence-electron chi connectivity index (χ3n) is 6.29. The van der Waals surface area contributed by atoms with Gasteiger partial charge in [0.25, 0.3) is 0 Å². The molecule has 1 N–H and O–H groups in total. The minimum atomic E-state index is -1.26. The highest BCUT2D eigenvalue weighted by Crippen LogP contribution is 2.40. The standard InChI is InChI=1S/C30H30O9/c1-6-37-22-9-8-20(11-17(22)2)28(31)21(12-18-13-25(34-3)29(36-5)26(14-18)35-4)27(30(32)33)19-7-10-23-24(15-19)39-16-38-23/h7-11,13-15H,6,12,16H2,1-5H3,(H,32,33)/b27-21+. The highest BCUT2D eigenvalue weighted by Gasteiger charge is 2.27. The molecule has 0 saturated carbocycles. The molecule has 4 rings (SSSR count). The number of rotatable bonds is 11. The van der Waals surface area contributed by atoms with Crippen molar-refractivity contribution in [2.45, 2.75) is 20.3 Å². The lowest BCUT2D eigenvalue weighted by molar-refractivity contribution is -0.130. The van der Waals surface area contributed by atoms with Crippen molar-refractivity contribution in [3.05, 3.63) is 76.4 Å². The topological polar surface area (TPSA) is 110 Å². The van der Waals surface area contributed by atoms with Crippen LogP contribution in [0.5, 0.6) is 34.5 Å². The zero-order valence-corrected chi connectivity index (χ0v) is 22.5. The van der Waals surface area contributed by atoms with E-state index in [-0.39, 0.29) is 24.4 Å². The molecule has 3 aromatic rings. The summed E-state index contributed by atoms with van der Waals surface area (Å²) in [6, 6.07) is 13.2. The van der Waals surface area contributed by atoms with Crippen molar-refractivity contribution in [3.63, 3.8) is 0 Å². The zero-order chi connectivity index (χ0) is 28.1. The van der Waals surface area contributed by atoms with Gasteiger partial charge in [0.05, 0.1) is 33.5 Å². The lowest BCUT2D eigenvalue weighted by Gasteiger charge is -2.17. The Kier molecular flexibility index (Phi) is 8.29. The number of hydrogen-bond acceptors (Lipinski definition) is 8. The van der Waals surface area contributed by atoms with Crippen molar-refractivity contribution in [2.75, 3.05) is 34.7 Å². The summed E-state index contributed by atoms with van der Waals surface area (Å²) < 4.78 is 32.8. The number of ether oxygens (including phenoxy) is 6. The second-order valence-electron chi connectivity index (χ2n) is 8.68. The van der Waals surface area contributed by atoms with Gasteiger partial charge >= 0.3 is 5.97 Å². The first-order chi connectivity index (χ1) is 18.8. The SMILES string of the molecule is CCOc1ccc(C(=O)/C(Cc2cc(OC)c(OC)c(OC)c2)=C(/C(=O)O)c2ccc3c(c2)OCO3)cc1C. The number of carboxylic acid groups (broad SMARTS) is 1. The number of methoxy groups -OCH3 is 3. The van der Waals surface area contributed by atoms with Crippen LogP contribution in [-0.2, 0) is 11.2 Å². The molecule has 0 bridgehead atoms. The molecule has 1 aliphatic rings. The summed E-state index contributed by atoms with van der Waals surface area (Å²) >= 11 is 0. The molecular formula is C30H30O9. The molecule has 0 aromatic heterocycles. The second-order valence-corrected chi connectivity index (χ2v) is 8.68. The summed E-state index contributed by atoms with van der Waals surface area (Å²) in [6.45, 7) is 4.23. The maximum Gasteiger partial charge on any atom is 0.336 e. The number of hydrogen-bond donors (Lipinski definition) is 1. The molecule has 0 fully saturated rings. The average Bonchev–Trinajstić information content (AvgIpc) is 3.40. The van der Waals surface area contributed by atoms with Gasteiger partial charge in [-0.25, -0.2) is 4.79 Å². The number of carbonyl (C=O) groups excluding carboxylic acids is 1. The normalized spacial score (nSPS) is 12.4. The van der Waals surface area contributed by atoms with E-state index in [0.717, 1.165) is 5.56 Å². The van der Waals surface area contributed by atoms with E-state index in [1.165, 1.54) is 21.3 Å². The van der Waals surface area contributed by atoms with Crippen LogP contribution in [0.2, 0.25) is 0 Å². The molecule has 0 unspecified atom stereocenters. The third kappa shape index (κ3) is 5.62. The van der Waals surface area contributed by atoms with E-state index in [1.807, 2.05) is 13.8 Å². The number of aliphatic carboxylic acids is 1. The highest BCUT2D eigenvalue weighted by atomic mass is 16.7. The molecule has 0 radical (unpaired) electrons. The van der Waals surface area contributed by atoms with Crippen LogP contribution in [-0.4, -0.2) is 51.6 Å². The van der Waals surface area contributed by atoms with E-state index in [4.69, 9.17) is 28.4 Å². The summed E-state index contributed by atoms with van der Waals surface area (Å²) in [6.07, 6.45) is -0.0299. The van der Waals surface area contributed by atoms with Gasteiger partial charge in [-0.2, -0.15) is 0 Å². The van der Waals surface area contributed by atoms with Gasteiger partial charge in [-0.3, -0.25) is 4.79 Å². The van der Waals surface area contributed by atoms with Crippen LogP contribution >= 0.6 is 0 Å². The van der Waals surface area contributed by atoms with Crippen molar-refractivity contribution in [1.82, 2.24) is 0 Å².